The van der Waals surface area contributed by atoms with Crippen molar-refractivity contribution >= 4 is 34.8 Å². The van der Waals surface area contributed by atoms with Crippen molar-refractivity contribution in [1.29, 1.82) is 0 Å². The predicted molar refractivity (Wildman–Crippen MR) is 96.1 cm³/mol. The van der Waals surface area contributed by atoms with Crippen LogP contribution in [0, 0.1) is 0 Å². The van der Waals surface area contributed by atoms with Crippen LogP contribution in [-0.2, 0) is 9.53 Å². The van der Waals surface area contributed by atoms with Gasteiger partial charge in [0.15, 0.2) is 0 Å². The number of nitrogens with one attached hydrogen (secondary N) is 2. The van der Waals surface area contributed by atoms with Crippen LogP contribution in [0.4, 0.5) is 11.4 Å². The van der Waals surface area contributed by atoms with Gasteiger partial charge < -0.3 is 20.3 Å². The van der Waals surface area contributed by atoms with Gasteiger partial charge in [-0.2, -0.15) is 0 Å². The van der Waals surface area contributed by atoms with Crippen LogP contribution in [0.25, 0.3) is 0 Å². The minimum Gasteiger partial charge on any atom is -0.385 e. The number of nitrogens with zero attached hydrogens (tertiary/aromatic N) is 1. The quantitative estimate of drug-likeness (QED) is 0.555. The molecule has 0 bridgehead atoms. The molecular weight excluding hydrogens is 330 g/mol. The molecule has 7 heteroatoms. The zero-order valence-corrected chi connectivity index (χ0v) is 14.7. The van der Waals surface area contributed by atoms with E-state index >= 15 is 0 Å². The van der Waals surface area contributed by atoms with Crippen molar-refractivity contribution in [2.75, 3.05) is 49.4 Å². The monoisotopic (exact) mass is 353 g/mol. The molecule has 2 rings (SSSR count). The van der Waals surface area contributed by atoms with Gasteiger partial charge in [0.25, 0.3) is 5.91 Å². The van der Waals surface area contributed by atoms with Gasteiger partial charge in [-0.15, -0.1) is 11.6 Å². The number of carbonyl (C=O) groups is 2. The lowest BCUT2D eigenvalue weighted by molar-refractivity contribution is -0.113. The second kappa shape index (κ2) is 9.49. The van der Waals surface area contributed by atoms with Gasteiger partial charge in [-0.1, -0.05) is 0 Å². The molecule has 0 aromatic heterocycles. The standard InChI is InChI=1S/C17H24ClN3O3/c1-24-10-4-7-19-17(23)14-11-13(20-16(22)12-18)5-6-15(14)21-8-2-3-9-21/h5-6,11H,2-4,7-10,12H2,1H3,(H,19,23)(H,20,22). The maximum absolute atomic E-state index is 12.6. The second-order valence-electron chi connectivity index (χ2n) is 5.71. The first-order chi connectivity index (χ1) is 11.7. The van der Waals surface area contributed by atoms with E-state index in [2.05, 4.69) is 15.5 Å². The highest BCUT2D eigenvalue weighted by molar-refractivity contribution is 6.29. The number of alkyl halides is 1. The van der Waals surface area contributed by atoms with Crippen molar-refractivity contribution in [1.82, 2.24) is 5.32 Å². The van der Waals surface area contributed by atoms with Crippen molar-refractivity contribution in [2.45, 2.75) is 19.3 Å². The van der Waals surface area contributed by atoms with Crippen molar-refractivity contribution in [3.8, 4) is 0 Å². The molecule has 0 atom stereocenters. The summed E-state index contributed by atoms with van der Waals surface area (Å²) < 4.78 is 4.99. The van der Waals surface area contributed by atoms with E-state index in [4.69, 9.17) is 16.3 Å². The third-order valence-corrected chi connectivity index (χ3v) is 4.15. The smallest absolute Gasteiger partial charge is 0.253 e. The van der Waals surface area contributed by atoms with Crippen LogP contribution in [0.15, 0.2) is 18.2 Å². The van der Waals surface area contributed by atoms with Crippen molar-refractivity contribution in [3.05, 3.63) is 23.8 Å². The first-order valence-electron chi connectivity index (χ1n) is 8.17. The molecule has 1 heterocycles. The minimum atomic E-state index is -0.294. The minimum absolute atomic E-state index is 0.119. The van der Waals surface area contributed by atoms with Gasteiger partial charge in [-0.25, -0.2) is 0 Å². The molecule has 0 saturated carbocycles. The Morgan fingerprint density at radius 1 is 1.29 bits per heavy atom. The highest BCUT2D eigenvalue weighted by atomic mass is 35.5. The van der Waals surface area contributed by atoms with Crippen molar-refractivity contribution in [2.24, 2.45) is 0 Å². The Labute approximate surface area is 147 Å². The van der Waals surface area contributed by atoms with Crippen molar-refractivity contribution in [3.63, 3.8) is 0 Å². The number of anilines is 2. The highest BCUT2D eigenvalue weighted by Crippen LogP contribution is 2.27. The van der Waals surface area contributed by atoms with E-state index < -0.39 is 0 Å². The summed E-state index contributed by atoms with van der Waals surface area (Å²) in [6.45, 7) is 3.03. The summed E-state index contributed by atoms with van der Waals surface area (Å²) in [5, 5.41) is 5.60. The lowest BCUT2D eigenvalue weighted by Crippen LogP contribution is -2.29. The summed E-state index contributed by atoms with van der Waals surface area (Å²) in [6.07, 6.45) is 3.00. The number of halogens is 1. The molecule has 0 unspecified atom stereocenters. The van der Waals surface area contributed by atoms with E-state index in [1.54, 1.807) is 19.2 Å². The fourth-order valence-corrected chi connectivity index (χ4v) is 2.80. The number of hydrogen-bond donors (Lipinski definition) is 2. The molecule has 132 valence electrons. The average molecular weight is 354 g/mol. The van der Waals surface area contributed by atoms with Crippen LogP contribution in [-0.4, -0.2) is 51.0 Å². The molecule has 1 aliphatic rings. The lowest BCUT2D eigenvalue weighted by Gasteiger charge is -2.22. The Morgan fingerprint density at radius 2 is 2.04 bits per heavy atom. The van der Waals surface area contributed by atoms with Gasteiger partial charge >= 0.3 is 0 Å². The molecule has 0 radical (unpaired) electrons. The first kappa shape index (κ1) is 18.5. The third-order valence-electron chi connectivity index (χ3n) is 3.90. The predicted octanol–water partition coefficient (Wildman–Crippen LogP) is 2.23. The number of benzene rings is 1. The summed E-state index contributed by atoms with van der Waals surface area (Å²) in [7, 11) is 1.64. The number of ether oxygens (including phenoxy) is 1. The van der Waals surface area contributed by atoms with Crippen LogP contribution in [0.2, 0.25) is 0 Å². The molecule has 1 aromatic carbocycles. The van der Waals surface area contributed by atoms with Crippen molar-refractivity contribution < 1.29 is 14.3 Å². The van der Waals surface area contributed by atoms with Crippen LogP contribution in [0.1, 0.15) is 29.6 Å². The fraction of sp³-hybridized carbons (Fsp3) is 0.529. The topological polar surface area (TPSA) is 70.7 Å². The molecule has 1 aromatic rings. The fourth-order valence-electron chi connectivity index (χ4n) is 2.74. The van der Waals surface area contributed by atoms with E-state index in [-0.39, 0.29) is 17.7 Å². The summed E-state index contributed by atoms with van der Waals surface area (Å²) in [4.78, 5) is 26.3. The first-order valence-corrected chi connectivity index (χ1v) is 8.71. The normalized spacial score (nSPS) is 13.8. The SMILES string of the molecule is COCCCNC(=O)c1cc(NC(=O)CCl)ccc1N1CCCC1. The Hall–Kier alpha value is -1.79. The Kier molecular flexibility index (Phi) is 7.34. The highest BCUT2D eigenvalue weighted by Gasteiger charge is 2.20. The lowest BCUT2D eigenvalue weighted by atomic mass is 10.1. The van der Waals surface area contributed by atoms with Crippen LogP contribution in [0.5, 0.6) is 0 Å². The van der Waals surface area contributed by atoms with Gasteiger partial charge in [0.1, 0.15) is 5.88 Å². The van der Waals surface area contributed by atoms with E-state index in [1.807, 2.05) is 6.07 Å². The van der Waals surface area contributed by atoms with Gasteiger partial charge in [0.2, 0.25) is 5.91 Å². The van der Waals surface area contributed by atoms with Gasteiger partial charge in [-0.05, 0) is 37.5 Å². The zero-order valence-electron chi connectivity index (χ0n) is 13.9. The van der Waals surface area contributed by atoms with Gasteiger partial charge in [-0.3, -0.25) is 9.59 Å². The second-order valence-corrected chi connectivity index (χ2v) is 5.98. The molecule has 1 saturated heterocycles. The molecule has 0 aliphatic carbocycles. The molecule has 1 aliphatic heterocycles. The molecule has 1 fully saturated rings. The number of amides is 2. The molecular formula is C17H24ClN3O3. The van der Waals surface area contributed by atoms with Crippen LogP contribution in [0.3, 0.4) is 0 Å². The zero-order chi connectivity index (χ0) is 17.4. The molecule has 24 heavy (non-hydrogen) atoms. The largest absolute Gasteiger partial charge is 0.385 e. The Balaban J connectivity index is 2.17. The number of rotatable bonds is 8. The van der Waals surface area contributed by atoms with Crippen LogP contribution >= 0.6 is 11.6 Å². The van der Waals surface area contributed by atoms with E-state index in [1.165, 1.54) is 0 Å². The molecule has 2 N–H and O–H groups in total. The summed E-state index contributed by atoms with van der Waals surface area (Å²) in [5.74, 6) is -0.557. The van der Waals surface area contributed by atoms with E-state index in [9.17, 15) is 9.59 Å². The Bertz CT molecular complexity index is 574. The van der Waals surface area contributed by atoms with E-state index in [0.29, 0.717) is 24.4 Å². The number of carbonyl (C=O) groups excluding carboxylic acids is 2. The summed E-state index contributed by atoms with van der Waals surface area (Å²) in [6, 6.07) is 5.41. The number of hydrogen-bond acceptors (Lipinski definition) is 4. The maximum atomic E-state index is 12.6. The summed E-state index contributed by atoms with van der Waals surface area (Å²) >= 11 is 5.53. The van der Waals surface area contributed by atoms with Gasteiger partial charge in [0.05, 0.1) is 5.56 Å². The maximum Gasteiger partial charge on any atom is 0.253 e. The molecule has 2 amide bonds. The van der Waals surface area contributed by atoms with Crippen LogP contribution < -0.4 is 15.5 Å². The Morgan fingerprint density at radius 3 is 2.71 bits per heavy atom. The summed E-state index contributed by atoms with van der Waals surface area (Å²) in [5.41, 5.74) is 2.05. The van der Waals surface area contributed by atoms with Gasteiger partial charge in [0, 0.05) is 44.7 Å². The van der Waals surface area contributed by atoms with E-state index in [0.717, 1.165) is 38.0 Å². The molecule has 0 spiro atoms. The number of methoxy groups -OCH3 is 1. The molecule has 6 nitrogen and oxygen atoms in total. The third kappa shape index (κ3) is 5.11. The average Bonchev–Trinajstić information content (AvgIpc) is 3.12.